The summed E-state index contributed by atoms with van der Waals surface area (Å²) in [6.45, 7) is 10.5. The summed E-state index contributed by atoms with van der Waals surface area (Å²) >= 11 is 0. The van der Waals surface area contributed by atoms with E-state index in [1.807, 2.05) is 0 Å². The summed E-state index contributed by atoms with van der Waals surface area (Å²) in [4.78, 5) is 24.4. The molecule has 1 saturated carbocycles. The first-order valence-electron chi connectivity index (χ1n) is 7.79. The topological polar surface area (TPSA) is 84.9 Å². The largest absolute Gasteiger partial charge is 0.458 e. The summed E-state index contributed by atoms with van der Waals surface area (Å²) in [6.07, 6.45) is 0.817. The van der Waals surface area contributed by atoms with Gasteiger partial charge in [0.2, 0.25) is 0 Å². The van der Waals surface area contributed by atoms with Crippen LogP contribution in [-0.4, -0.2) is 40.5 Å². The maximum Gasteiger partial charge on any atom is 0.408 e. The normalized spacial score (nSPS) is 23.8. The lowest BCUT2D eigenvalue weighted by Gasteiger charge is -2.30. The zero-order valence-corrected chi connectivity index (χ0v) is 14.4. The van der Waals surface area contributed by atoms with Crippen LogP contribution in [0.3, 0.4) is 0 Å². The first-order valence-corrected chi connectivity index (χ1v) is 7.79. The zero-order valence-electron chi connectivity index (χ0n) is 14.4. The molecule has 0 radical (unpaired) electrons. The molecular formula is C16H29NO5. The van der Waals surface area contributed by atoms with Gasteiger partial charge >= 0.3 is 12.1 Å². The minimum Gasteiger partial charge on any atom is -0.458 e. The molecule has 6 heteroatoms. The number of aliphatic hydroxyl groups excluding tert-OH is 1. The molecular weight excluding hydrogens is 286 g/mol. The number of carbonyl (C=O) groups excluding carboxylic acids is 2. The predicted molar refractivity (Wildman–Crippen MR) is 82.4 cm³/mol. The van der Waals surface area contributed by atoms with Crippen LogP contribution >= 0.6 is 0 Å². The third-order valence-corrected chi connectivity index (χ3v) is 3.29. The van der Waals surface area contributed by atoms with Crippen molar-refractivity contribution in [1.82, 2.24) is 5.32 Å². The molecule has 0 aromatic carbocycles. The molecule has 1 aliphatic carbocycles. The third-order valence-electron chi connectivity index (χ3n) is 3.29. The number of rotatable bonds is 3. The van der Waals surface area contributed by atoms with Gasteiger partial charge in [-0.05, 0) is 54.4 Å². The quantitative estimate of drug-likeness (QED) is 0.781. The number of aliphatic hydroxyl groups is 1. The lowest BCUT2D eigenvalue weighted by Crippen LogP contribution is -2.51. The summed E-state index contributed by atoms with van der Waals surface area (Å²) in [6, 6.07) is -0.897. The summed E-state index contributed by atoms with van der Waals surface area (Å²) in [5.74, 6) is -0.883. The second kappa shape index (κ2) is 6.86. The van der Waals surface area contributed by atoms with Gasteiger partial charge in [0.15, 0.2) is 0 Å². The highest BCUT2D eigenvalue weighted by atomic mass is 16.6. The van der Waals surface area contributed by atoms with Gasteiger partial charge < -0.3 is 19.9 Å². The standard InChI is InChI=1S/C16H29NO5/c1-15(2,3)21-13(19)12(10-8-7-9-11(10)18)17-14(20)22-16(4,5)6/h10-12,18H,7-9H2,1-6H3,(H,17,20)/t10-,11-,12-/m1/s1. The van der Waals surface area contributed by atoms with Gasteiger partial charge in [-0.15, -0.1) is 0 Å². The number of hydrogen-bond acceptors (Lipinski definition) is 5. The van der Waals surface area contributed by atoms with E-state index in [2.05, 4.69) is 5.32 Å². The van der Waals surface area contributed by atoms with Crippen LogP contribution < -0.4 is 5.32 Å². The van der Waals surface area contributed by atoms with Gasteiger partial charge in [0, 0.05) is 5.92 Å². The molecule has 2 N–H and O–H groups in total. The van der Waals surface area contributed by atoms with Crippen molar-refractivity contribution in [1.29, 1.82) is 0 Å². The molecule has 0 aromatic rings. The molecule has 0 saturated heterocycles. The van der Waals surface area contributed by atoms with E-state index in [4.69, 9.17) is 9.47 Å². The summed E-state index contributed by atoms with van der Waals surface area (Å²) in [5, 5.41) is 12.6. The number of amides is 1. The van der Waals surface area contributed by atoms with Crippen molar-refractivity contribution in [3.63, 3.8) is 0 Å². The Kier molecular flexibility index (Phi) is 5.84. The van der Waals surface area contributed by atoms with Gasteiger partial charge in [-0.1, -0.05) is 6.42 Å². The fourth-order valence-electron chi connectivity index (χ4n) is 2.50. The second-order valence-electron chi connectivity index (χ2n) is 7.82. The van der Waals surface area contributed by atoms with E-state index in [1.165, 1.54) is 0 Å². The fourth-order valence-corrected chi connectivity index (χ4v) is 2.50. The maximum absolute atomic E-state index is 12.4. The Balaban J connectivity index is 2.82. The van der Waals surface area contributed by atoms with Crippen molar-refractivity contribution < 1.29 is 24.2 Å². The molecule has 0 bridgehead atoms. The van der Waals surface area contributed by atoms with E-state index in [-0.39, 0.29) is 5.92 Å². The average Bonchev–Trinajstić information content (AvgIpc) is 2.67. The van der Waals surface area contributed by atoms with Gasteiger partial charge in [0.05, 0.1) is 6.10 Å². The number of hydrogen-bond donors (Lipinski definition) is 2. The number of nitrogens with one attached hydrogen (secondary N) is 1. The molecule has 1 fully saturated rings. The van der Waals surface area contributed by atoms with Crippen LogP contribution in [0.5, 0.6) is 0 Å². The number of ether oxygens (including phenoxy) is 2. The molecule has 1 amide bonds. The number of esters is 1. The molecule has 1 aliphatic rings. The Labute approximate surface area is 132 Å². The lowest BCUT2D eigenvalue weighted by molar-refractivity contribution is -0.160. The van der Waals surface area contributed by atoms with Crippen LogP contribution in [0, 0.1) is 5.92 Å². The Morgan fingerprint density at radius 1 is 1.05 bits per heavy atom. The first kappa shape index (κ1) is 18.7. The van der Waals surface area contributed by atoms with Gasteiger partial charge in [-0.25, -0.2) is 9.59 Å². The van der Waals surface area contributed by atoms with E-state index in [0.717, 1.165) is 6.42 Å². The van der Waals surface area contributed by atoms with Gasteiger partial charge in [-0.3, -0.25) is 0 Å². The molecule has 6 nitrogen and oxygen atoms in total. The number of alkyl carbamates (subject to hydrolysis) is 1. The Bertz CT molecular complexity index is 408. The Morgan fingerprint density at radius 2 is 1.59 bits per heavy atom. The molecule has 0 heterocycles. The van der Waals surface area contributed by atoms with Crippen molar-refractivity contribution in [2.24, 2.45) is 5.92 Å². The average molecular weight is 315 g/mol. The molecule has 0 unspecified atom stereocenters. The van der Waals surface area contributed by atoms with Crippen LogP contribution in [0.15, 0.2) is 0 Å². The smallest absolute Gasteiger partial charge is 0.408 e. The Hall–Kier alpha value is -1.30. The second-order valence-corrected chi connectivity index (χ2v) is 7.82. The first-order chi connectivity index (χ1) is 9.89. The molecule has 0 spiro atoms. The van der Waals surface area contributed by atoms with Gasteiger partial charge in [0.1, 0.15) is 17.2 Å². The van der Waals surface area contributed by atoms with Crippen LogP contribution in [0.1, 0.15) is 60.8 Å². The molecule has 22 heavy (non-hydrogen) atoms. The highest BCUT2D eigenvalue weighted by molar-refractivity contribution is 5.82. The van der Waals surface area contributed by atoms with E-state index in [0.29, 0.717) is 12.8 Å². The van der Waals surface area contributed by atoms with Crippen molar-refractivity contribution in [2.75, 3.05) is 0 Å². The van der Waals surface area contributed by atoms with Crippen molar-refractivity contribution in [3.8, 4) is 0 Å². The molecule has 3 atom stereocenters. The molecule has 0 aromatic heterocycles. The molecule has 128 valence electrons. The van der Waals surface area contributed by atoms with E-state index < -0.39 is 35.4 Å². The monoisotopic (exact) mass is 315 g/mol. The van der Waals surface area contributed by atoms with Gasteiger partial charge in [-0.2, -0.15) is 0 Å². The van der Waals surface area contributed by atoms with E-state index >= 15 is 0 Å². The zero-order chi connectivity index (χ0) is 17.1. The van der Waals surface area contributed by atoms with E-state index in [9.17, 15) is 14.7 Å². The van der Waals surface area contributed by atoms with Crippen LogP contribution in [0.4, 0.5) is 4.79 Å². The highest BCUT2D eigenvalue weighted by Crippen LogP contribution is 2.30. The summed E-state index contributed by atoms with van der Waals surface area (Å²) < 4.78 is 10.6. The third kappa shape index (κ3) is 6.22. The SMILES string of the molecule is CC(C)(C)OC(=O)N[C@@H](C(=O)OC(C)(C)C)[C@@H]1CCC[C@H]1O. The van der Waals surface area contributed by atoms with Crippen LogP contribution in [0.2, 0.25) is 0 Å². The van der Waals surface area contributed by atoms with E-state index in [1.54, 1.807) is 41.5 Å². The van der Waals surface area contributed by atoms with Crippen LogP contribution in [0.25, 0.3) is 0 Å². The van der Waals surface area contributed by atoms with Crippen LogP contribution in [-0.2, 0) is 14.3 Å². The predicted octanol–water partition coefficient (Wildman–Crippen LogP) is 2.38. The van der Waals surface area contributed by atoms with Crippen molar-refractivity contribution in [3.05, 3.63) is 0 Å². The minimum absolute atomic E-state index is 0.345. The molecule has 0 aliphatic heterocycles. The molecule has 1 rings (SSSR count). The van der Waals surface area contributed by atoms with Crippen molar-refractivity contribution in [2.45, 2.75) is 84.2 Å². The summed E-state index contributed by atoms with van der Waals surface area (Å²) in [5.41, 5.74) is -1.31. The summed E-state index contributed by atoms with van der Waals surface area (Å²) in [7, 11) is 0. The maximum atomic E-state index is 12.4. The minimum atomic E-state index is -0.897. The van der Waals surface area contributed by atoms with Gasteiger partial charge in [0.25, 0.3) is 0 Å². The fraction of sp³-hybridized carbons (Fsp3) is 0.875. The highest BCUT2D eigenvalue weighted by Gasteiger charge is 2.40. The Morgan fingerprint density at radius 3 is 2.00 bits per heavy atom. The lowest BCUT2D eigenvalue weighted by atomic mass is 9.96. The van der Waals surface area contributed by atoms with Crippen molar-refractivity contribution >= 4 is 12.1 Å². The number of carbonyl (C=O) groups is 2.